The van der Waals surface area contributed by atoms with Crippen molar-refractivity contribution < 1.29 is 19.0 Å². The van der Waals surface area contributed by atoms with Gasteiger partial charge in [-0.2, -0.15) is 0 Å². The SMILES string of the molecule is C=CCOc1c(Cl)cc(C=C2N=C(c3cc(I)ccc3Cl)OC2=O)cc1OC. The third-order valence-electron chi connectivity index (χ3n) is 3.68. The number of hydrogen-bond donors (Lipinski definition) is 0. The average Bonchev–Trinajstić information content (AvgIpc) is 3.02. The fourth-order valence-electron chi connectivity index (χ4n) is 2.45. The Morgan fingerprint density at radius 2 is 2.04 bits per heavy atom. The Hall–Kier alpha value is -2.03. The van der Waals surface area contributed by atoms with Crippen molar-refractivity contribution in [1.82, 2.24) is 0 Å². The van der Waals surface area contributed by atoms with Crippen molar-refractivity contribution in [3.05, 3.63) is 73.4 Å². The predicted molar refractivity (Wildman–Crippen MR) is 118 cm³/mol. The summed E-state index contributed by atoms with van der Waals surface area (Å²) in [6.45, 7) is 3.89. The summed E-state index contributed by atoms with van der Waals surface area (Å²) in [7, 11) is 1.50. The second-order valence-electron chi connectivity index (χ2n) is 5.59. The maximum Gasteiger partial charge on any atom is 0.363 e. The van der Waals surface area contributed by atoms with Crippen LogP contribution in [0.1, 0.15) is 11.1 Å². The minimum atomic E-state index is -0.577. The second kappa shape index (κ2) is 8.98. The molecule has 0 unspecified atom stereocenters. The highest BCUT2D eigenvalue weighted by molar-refractivity contribution is 14.1. The van der Waals surface area contributed by atoms with E-state index in [1.807, 2.05) is 6.07 Å². The Balaban J connectivity index is 1.98. The van der Waals surface area contributed by atoms with E-state index in [1.165, 1.54) is 7.11 Å². The molecule has 3 rings (SSSR count). The fourth-order valence-corrected chi connectivity index (χ4v) is 3.41. The molecule has 0 bridgehead atoms. The largest absolute Gasteiger partial charge is 0.493 e. The number of carbonyl (C=O) groups is 1. The van der Waals surface area contributed by atoms with Gasteiger partial charge < -0.3 is 14.2 Å². The number of aliphatic imine (C=N–C) groups is 1. The van der Waals surface area contributed by atoms with Crippen molar-refractivity contribution in [2.75, 3.05) is 13.7 Å². The zero-order valence-electron chi connectivity index (χ0n) is 14.7. The van der Waals surface area contributed by atoms with Gasteiger partial charge in [0.1, 0.15) is 6.61 Å². The van der Waals surface area contributed by atoms with Crippen LogP contribution in [0.15, 0.2) is 53.7 Å². The Morgan fingerprint density at radius 3 is 2.75 bits per heavy atom. The number of halogens is 3. The molecule has 28 heavy (non-hydrogen) atoms. The van der Waals surface area contributed by atoms with Crippen molar-refractivity contribution in [3.63, 3.8) is 0 Å². The van der Waals surface area contributed by atoms with Crippen LogP contribution in [0, 0.1) is 3.57 Å². The van der Waals surface area contributed by atoms with Crippen molar-refractivity contribution in [3.8, 4) is 11.5 Å². The number of nitrogens with zero attached hydrogens (tertiary/aromatic N) is 1. The summed E-state index contributed by atoms with van der Waals surface area (Å²) in [5.41, 5.74) is 1.29. The van der Waals surface area contributed by atoms with E-state index < -0.39 is 5.97 Å². The quantitative estimate of drug-likeness (QED) is 0.214. The molecule has 0 aromatic heterocycles. The maximum atomic E-state index is 12.3. The number of benzene rings is 2. The van der Waals surface area contributed by atoms with E-state index in [-0.39, 0.29) is 18.2 Å². The zero-order valence-corrected chi connectivity index (χ0v) is 18.3. The summed E-state index contributed by atoms with van der Waals surface area (Å²) >= 11 is 14.6. The van der Waals surface area contributed by atoms with Gasteiger partial charge in [0.25, 0.3) is 0 Å². The van der Waals surface area contributed by atoms with Gasteiger partial charge in [0, 0.05) is 3.57 Å². The Bertz CT molecular complexity index is 1020. The molecule has 0 spiro atoms. The normalized spacial score (nSPS) is 14.6. The molecule has 144 valence electrons. The first-order valence-corrected chi connectivity index (χ1v) is 9.85. The van der Waals surface area contributed by atoms with E-state index in [0.717, 1.165) is 3.57 Å². The van der Waals surface area contributed by atoms with E-state index in [0.29, 0.717) is 32.7 Å². The van der Waals surface area contributed by atoms with Gasteiger partial charge in [0.15, 0.2) is 17.2 Å². The summed E-state index contributed by atoms with van der Waals surface area (Å²) in [6, 6.07) is 8.71. The highest BCUT2D eigenvalue weighted by atomic mass is 127. The fraction of sp³-hybridized carbons (Fsp3) is 0.100. The van der Waals surface area contributed by atoms with Crippen LogP contribution in [0.3, 0.4) is 0 Å². The summed E-state index contributed by atoms with van der Waals surface area (Å²) in [4.78, 5) is 16.5. The summed E-state index contributed by atoms with van der Waals surface area (Å²) in [5.74, 6) is 0.406. The first-order valence-electron chi connectivity index (χ1n) is 8.02. The summed E-state index contributed by atoms with van der Waals surface area (Å²) < 4.78 is 17.1. The van der Waals surface area contributed by atoms with Crippen LogP contribution in [0.2, 0.25) is 10.0 Å². The van der Waals surface area contributed by atoms with Gasteiger partial charge in [0.2, 0.25) is 5.90 Å². The van der Waals surface area contributed by atoms with Gasteiger partial charge in [-0.05, 0) is 64.6 Å². The Labute approximate surface area is 185 Å². The van der Waals surface area contributed by atoms with Gasteiger partial charge in [-0.1, -0.05) is 35.9 Å². The van der Waals surface area contributed by atoms with Crippen molar-refractivity contribution in [2.24, 2.45) is 4.99 Å². The molecule has 0 amide bonds. The molecule has 0 N–H and O–H groups in total. The van der Waals surface area contributed by atoms with Crippen LogP contribution >= 0.6 is 45.8 Å². The second-order valence-corrected chi connectivity index (χ2v) is 7.65. The topological polar surface area (TPSA) is 57.1 Å². The maximum absolute atomic E-state index is 12.3. The van der Waals surface area contributed by atoms with Gasteiger partial charge in [-0.3, -0.25) is 0 Å². The number of esters is 1. The number of carbonyl (C=O) groups excluding carboxylic acids is 1. The van der Waals surface area contributed by atoms with E-state index in [2.05, 4.69) is 34.2 Å². The van der Waals surface area contributed by atoms with E-state index in [9.17, 15) is 4.79 Å². The standard InChI is InChI=1S/C20H14Cl2INO4/c1-3-6-27-18-15(22)7-11(9-17(18)26-2)8-16-20(25)28-19(24-16)13-10-12(23)4-5-14(13)21/h3-5,7-10H,1,6H2,2H3. The molecule has 1 aliphatic rings. The molecular formula is C20H14Cl2INO4. The van der Waals surface area contributed by atoms with Crippen LogP contribution in [-0.2, 0) is 9.53 Å². The van der Waals surface area contributed by atoms with Gasteiger partial charge >= 0.3 is 5.97 Å². The van der Waals surface area contributed by atoms with E-state index >= 15 is 0 Å². The molecule has 0 aliphatic carbocycles. The molecule has 0 fully saturated rings. The lowest BCUT2D eigenvalue weighted by molar-refractivity contribution is -0.129. The van der Waals surface area contributed by atoms with Crippen LogP contribution in [0.25, 0.3) is 6.08 Å². The molecule has 1 aliphatic heterocycles. The molecule has 1 heterocycles. The number of cyclic esters (lactones) is 1. The van der Waals surface area contributed by atoms with Crippen LogP contribution in [-0.4, -0.2) is 25.6 Å². The first kappa shape index (κ1) is 20.7. The summed E-state index contributed by atoms with van der Waals surface area (Å²) in [6.07, 6.45) is 3.16. The lowest BCUT2D eigenvalue weighted by Crippen LogP contribution is -2.06. The number of hydrogen-bond acceptors (Lipinski definition) is 5. The molecule has 5 nitrogen and oxygen atoms in total. The summed E-state index contributed by atoms with van der Waals surface area (Å²) in [5, 5.41) is 0.783. The Kier molecular flexibility index (Phi) is 6.64. The van der Waals surface area contributed by atoms with Crippen LogP contribution in [0.4, 0.5) is 0 Å². The third-order valence-corrected chi connectivity index (χ3v) is 4.96. The predicted octanol–water partition coefficient (Wildman–Crippen LogP) is 5.52. The van der Waals surface area contributed by atoms with Gasteiger partial charge in [-0.25, -0.2) is 9.79 Å². The van der Waals surface area contributed by atoms with Gasteiger partial charge in [0.05, 0.1) is 22.7 Å². The monoisotopic (exact) mass is 529 g/mol. The zero-order chi connectivity index (χ0) is 20.3. The van der Waals surface area contributed by atoms with Crippen molar-refractivity contribution >= 4 is 63.7 Å². The van der Waals surface area contributed by atoms with Crippen LogP contribution in [0.5, 0.6) is 11.5 Å². The minimum absolute atomic E-state index is 0.128. The first-order chi connectivity index (χ1) is 13.4. The molecule has 2 aromatic rings. The lowest BCUT2D eigenvalue weighted by Gasteiger charge is -2.12. The van der Waals surface area contributed by atoms with Crippen molar-refractivity contribution in [2.45, 2.75) is 0 Å². The highest BCUT2D eigenvalue weighted by Gasteiger charge is 2.26. The smallest absolute Gasteiger partial charge is 0.363 e. The van der Waals surface area contributed by atoms with Crippen molar-refractivity contribution in [1.29, 1.82) is 0 Å². The molecule has 0 atom stereocenters. The lowest BCUT2D eigenvalue weighted by atomic mass is 10.1. The van der Waals surface area contributed by atoms with E-state index in [1.54, 1.807) is 36.4 Å². The molecule has 0 radical (unpaired) electrons. The molecule has 0 saturated heterocycles. The van der Waals surface area contributed by atoms with E-state index in [4.69, 9.17) is 37.4 Å². The molecule has 2 aromatic carbocycles. The molecule has 0 saturated carbocycles. The minimum Gasteiger partial charge on any atom is -0.493 e. The highest BCUT2D eigenvalue weighted by Crippen LogP contribution is 2.37. The number of methoxy groups -OCH3 is 1. The molecule has 8 heteroatoms. The number of rotatable bonds is 6. The Morgan fingerprint density at radius 1 is 1.25 bits per heavy atom. The number of ether oxygens (including phenoxy) is 3. The van der Waals surface area contributed by atoms with Crippen LogP contribution < -0.4 is 9.47 Å². The third kappa shape index (κ3) is 4.51. The van der Waals surface area contributed by atoms with Gasteiger partial charge in [-0.15, -0.1) is 0 Å². The molecular weight excluding hydrogens is 516 g/mol. The average molecular weight is 530 g/mol.